The van der Waals surface area contributed by atoms with Gasteiger partial charge in [-0.3, -0.25) is 4.79 Å². The van der Waals surface area contributed by atoms with Crippen LogP contribution in [0.25, 0.3) is 0 Å². The molecule has 156 valence electrons. The van der Waals surface area contributed by atoms with E-state index in [0.717, 1.165) is 28.8 Å². The number of para-hydroxylation sites is 1. The molecule has 0 aliphatic carbocycles. The predicted molar refractivity (Wildman–Crippen MR) is 120 cm³/mol. The van der Waals surface area contributed by atoms with E-state index in [4.69, 9.17) is 0 Å². The molecule has 0 aromatic heterocycles. The van der Waals surface area contributed by atoms with Gasteiger partial charge in [0, 0.05) is 5.69 Å². The Morgan fingerprint density at radius 3 is 2.17 bits per heavy atom. The van der Waals surface area contributed by atoms with E-state index in [1.165, 1.54) is 12.1 Å². The van der Waals surface area contributed by atoms with Gasteiger partial charge in [-0.2, -0.15) is 4.72 Å². The zero-order valence-corrected chi connectivity index (χ0v) is 17.9. The van der Waals surface area contributed by atoms with Gasteiger partial charge in [0.05, 0.1) is 4.90 Å². The highest BCUT2D eigenvalue weighted by Crippen LogP contribution is 2.22. The Balaban J connectivity index is 1.90. The van der Waals surface area contributed by atoms with E-state index < -0.39 is 16.1 Å². The van der Waals surface area contributed by atoms with Crippen LogP contribution in [0.1, 0.15) is 23.6 Å². The molecule has 0 aliphatic heterocycles. The lowest BCUT2D eigenvalue weighted by atomic mass is 10.0. The first kappa shape index (κ1) is 21.7. The summed E-state index contributed by atoms with van der Waals surface area (Å²) in [4.78, 5) is 13.3. The molecule has 0 fully saturated rings. The maximum Gasteiger partial charge on any atom is 0.242 e. The molecule has 0 saturated carbocycles. The zero-order chi connectivity index (χ0) is 21.6. The smallest absolute Gasteiger partial charge is 0.242 e. The molecule has 0 spiro atoms. The highest BCUT2D eigenvalue weighted by molar-refractivity contribution is 7.89. The van der Waals surface area contributed by atoms with Crippen molar-refractivity contribution in [2.24, 2.45) is 0 Å². The van der Waals surface area contributed by atoms with Gasteiger partial charge in [-0.05, 0) is 48.6 Å². The van der Waals surface area contributed by atoms with Crippen LogP contribution in [0.3, 0.4) is 0 Å². The summed E-state index contributed by atoms with van der Waals surface area (Å²) in [5, 5.41) is 2.96. The monoisotopic (exact) mass is 422 g/mol. The van der Waals surface area contributed by atoms with Crippen LogP contribution in [-0.4, -0.2) is 20.4 Å². The van der Waals surface area contributed by atoms with E-state index >= 15 is 0 Å². The van der Waals surface area contributed by atoms with Crippen molar-refractivity contribution in [2.75, 3.05) is 5.32 Å². The zero-order valence-electron chi connectivity index (χ0n) is 17.1. The molecule has 1 amide bonds. The van der Waals surface area contributed by atoms with Gasteiger partial charge in [0.1, 0.15) is 6.04 Å². The van der Waals surface area contributed by atoms with Crippen LogP contribution in [0.5, 0.6) is 0 Å². The van der Waals surface area contributed by atoms with Crippen LogP contribution in [0.4, 0.5) is 5.69 Å². The van der Waals surface area contributed by atoms with E-state index in [2.05, 4.69) is 10.0 Å². The number of hydrogen-bond acceptors (Lipinski definition) is 3. The highest BCUT2D eigenvalue weighted by atomic mass is 32.2. The van der Waals surface area contributed by atoms with E-state index in [0.29, 0.717) is 0 Å². The Morgan fingerprint density at radius 2 is 1.53 bits per heavy atom. The number of hydrogen-bond donors (Lipinski definition) is 2. The van der Waals surface area contributed by atoms with Gasteiger partial charge < -0.3 is 5.32 Å². The molecule has 0 bridgehead atoms. The largest absolute Gasteiger partial charge is 0.324 e. The number of carbonyl (C=O) groups excluding carboxylic acids is 1. The second kappa shape index (κ2) is 9.69. The third kappa shape index (κ3) is 5.34. The molecule has 3 rings (SSSR count). The van der Waals surface area contributed by atoms with E-state index in [1.54, 1.807) is 18.2 Å². The average Bonchev–Trinajstić information content (AvgIpc) is 2.76. The van der Waals surface area contributed by atoms with Crippen LogP contribution in [0.15, 0.2) is 83.8 Å². The van der Waals surface area contributed by atoms with Gasteiger partial charge in [-0.25, -0.2) is 8.42 Å². The second-order valence-electron chi connectivity index (χ2n) is 7.13. The quantitative estimate of drug-likeness (QED) is 0.574. The maximum absolute atomic E-state index is 13.2. The minimum atomic E-state index is -3.85. The van der Waals surface area contributed by atoms with Gasteiger partial charge in [-0.1, -0.05) is 73.7 Å². The molecule has 0 aliphatic rings. The Morgan fingerprint density at radius 1 is 0.900 bits per heavy atom. The van der Waals surface area contributed by atoms with Crippen molar-refractivity contribution in [3.63, 3.8) is 0 Å². The minimum absolute atomic E-state index is 0.126. The summed E-state index contributed by atoms with van der Waals surface area (Å²) < 4.78 is 28.4. The third-order valence-corrected chi connectivity index (χ3v) is 6.43. The minimum Gasteiger partial charge on any atom is -0.324 e. The lowest BCUT2D eigenvalue weighted by Gasteiger charge is -2.21. The molecule has 1 atom stereocenters. The van der Waals surface area contributed by atoms with Crippen molar-refractivity contribution in [3.8, 4) is 0 Å². The van der Waals surface area contributed by atoms with Crippen molar-refractivity contribution in [2.45, 2.75) is 37.6 Å². The predicted octanol–water partition coefficient (Wildman–Crippen LogP) is 4.09. The van der Waals surface area contributed by atoms with Crippen molar-refractivity contribution in [1.82, 2.24) is 4.72 Å². The third-order valence-electron chi connectivity index (χ3n) is 4.94. The van der Waals surface area contributed by atoms with Crippen molar-refractivity contribution in [1.29, 1.82) is 0 Å². The van der Waals surface area contributed by atoms with Gasteiger partial charge in [0.15, 0.2) is 0 Å². The molecule has 2 N–H and O–H groups in total. The first-order valence-corrected chi connectivity index (χ1v) is 11.4. The SMILES string of the molecule is CCc1cccc(C)c1NC(=O)[C@H](Cc1ccccc1)NS(=O)(=O)c1ccccc1. The molecule has 0 saturated heterocycles. The number of benzene rings is 3. The molecule has 30 heavy (non-hydrogen) atoms. The number of aryl methyl sites for hydroxylation is 2. The van der Waals surface area contributed by atoms with E-state index in [9.17, 15) is 13.2 Å². The first-order chi connectivity index (χ1) is 14.4. The first-order valence-electron chi connectivity index (χ1n) is 9.91. The summed E-state index contributed by atoms with van der Waals surface area (Å²) in [6.45, 7) is 3.94. The summed E-state index contributed by atoms with van der Waals surface area (Å²) in [6, 6.07) is 22.3. The number of nitrogens with one attached hydrogen (secondary N) is 2. The Kier molecular flexibility index (Phi) is 7.03. The Hall–Kier alpha value is -2.96. The second-order valence-corrected chi connectivity index (χ2v) is 8.84. The summed E-state index contributed by atoms with van der Waals surface area (Å²) >= 11 is 0. The fraction of sp³-hybridized carbons (Fsp3) is 0.208. The van der Waals surface area contributed by atoms with Crippen LogP contribution in [-0.2, 0) is 27.7 Å². The molecule has 3 aromatic carbocycles. The standard InChI is InChI=1S/C24H26N2O3S/c1-3-20-14-10-11-18(2)23(20)25-24(27)22(17-19-12-6-4-7-13-19)26-30(28,29)21-15-8-5-9-16-21/h4-16,22,26H,3,17H2,1-2H3,(H,25,27)/t22-/m0/s1. The average molecular weight is 423 g/mol. The van der Waals surface area contributed by atoms with E-state index in [-0.39, 0.29) is 17.2 Å². The number of sulfonamides is 1. The van der Waals surface area contributed by atoms with Gasteiger partial charge in [-0.15, -0.1) is 0 Å². The number of carbonyl (C=O) groups is 1. The van der Waals surface area contributed by atoms with Crippen LogP contribution >= 0.6 is 0 Å². The molecular weight excluding hydrogens is 396 g/mol. The van der Waals surface area contributed by atoms with Crippen LogP contribution in [0, 0.1) is 6.92 Å². The number of rotatable bonds is 8. The summed E-state index contributed by atoms with van der Waals surface area (Å²) in [5.41, 5.74) is 3.55. The lowest BCUT2D eigenvalue weighted by molar-refractivity contribution is -0.117. The van der Waals surface area contributed by atoms with Crippen LogP contribution < -0.4 is 10.0 Å². The molecule has 3 aromatic rings. The highest BCUT2D eigenvalue weighted by Gasteiger charge is 2.26. The molecular formula is C24H26N2O3S. The number of anilines is 1. The van der Waals surface area contributed by atoms with E-state index in [1.807, 2.05) is 62.4 Å². The van der Waals surface area contributed by atoms with Gasteiger partial charge in [0.2, 0.25) is 15.9 Å². The summed E-state index contributed by atoms with van der Waals surface area (Å²) in [5.74, 6) is -0.387. The fourth-order valence-electron chi connectivity index (χ4n) is 3.30. The molecule has 0 heterocycles. The normalized spacial score (nSPS) is 12.3. The lowest BCUT2D eigenvalue weighted by Crippen LogP contribution is -2.45. The molecule has 6 heteroatoms. The summed E-state index contributed by atoms with van der Waals surface area (Å²) in [6.07, 6.45) is 1.00. The molecule has 0 radical (unpaired) electrons. The fourth-order valence-corrected chi connectivity index (χ4v) is 4.52. The van der Waals surface area contributed by atoms with Crippen LogP contribution in [0.2, 0.25) is 0 Å². The Bertz CT molecular complexity index is 1100. The number of amides is 1. The topological polar surface area (TPSA) is 75.3 Å². The molecule has 5 nitrogen and oxygen atoms in total. The maximum atomic E-state index is 13.2. The van der Waals surface area contributed by atoms with Gasteiger partial charge in [0.25, 0.3) is 0 Å². The Labute approximate surface area is 178 Å². The van der Waals surface area contributed by atoms with Crippen molar-refractivity contribution < 1.29 is 13.2 Å². The molecule has 0 unspecified atom stereocenters. The summed E-state index contributed by atoms with van der Waals surface area (Å²) in [7, 11) is -3.85. The van der Waals surface area contributed by atoms with Gasteiger partial charge >= 0.3 is 0 Å². The van der Waals surface area contributed by atoms with Crippen molar-refractivity contribution >= 4 is 21.6 Å². The van der Waals surface area contributed by atoms with Crippen molar-refractivity contribution in [3.05, 3.63) is 95.6 Å².